The molecule has 1 aliphatic heterocycles. The Bertz CT molecular complexity index is 1140. The normalized spacial score (nSPS) is 14.5. The summed E-state index contributed by atoms with van der Waals surface area (Å²) in [7, 11) is 5.36. The summed E-state index contributed by atoms with van der Waals surface area (Å²) in [5.41, 5.74) is 3.26. The van der Waals surface area contributed by atoms with Crippen molar-refractivity contribution in [3.05, 3.63) is 58.7 Å². The summed E-state index contributed by atoms with van der Waals surface area (Å²) in [5, 5.41) is 7.50. The van der Waals surface area contributed by atoms with Crippen LogP contribution in [-0.2, 0) is 13.0 Å². The number of nitrogens with one attached hydrogen (secondary N) is 2. The van der Waals surface area contributed by atoms with E-state index < -0.39 is 0 Å². The molecule has 0 saturated heterocycles. The molecule has 2 N–H and O–H groups in total. The molecule has 4 rings (SSSR count). The lowest BCUT2D eigenvalue weighted by molar-refractivity contribution is 0.247. The number of methoxy groups -OCH3 is 2. The molecule has 1 aliphatic rings. The first-order chi connectivity index (χ1) is 16.9. The van der Waals surface area contributed by atoms with Crippen LogP contribution in [0, 0.1) is 5.92 Å². The Morgan fingerprint density at radius 3 is 2.60 bits per heavy atom. The summed E-state index contributed by atoms with van der Waals surface area (Å²) in [6.07, 6.45) is 7.07. The number of urea groups is 1. The van der Waals surface area contributed by atoms with Crippen molar-refractivity contribution in [2.45, 2.75) is 45.7 Å². The summed E-state index contributed by atoms with van der Waals surface area (Å²) >= 11 is 1.84. The highest BCUT2D eigenvalue weighted by molar-refractivity contribution is 7.15. The first-order valence-corrected chi connectivity index (χ1v) is 13.0. The maximum absolute atomic E-state index is 13.3. The quantitative estimate of drug-likeness (QED) is 0.390. The fourth-order valence-corrected chi connectivity index (χ4v) is 6.03. The molecular formula is C27H36N4O3S. The molecule has 1 unspecified atom stereocenters. The fourth-order valence-electron chi connectivity index (χ4n) is 4.57. The molecule has 0 fully saturated rings. The van der Waals surface area contributed by atoms with E-state index in [1.807, 2.05) is 29.5 Å². The average molecular weight is 497 g/mol. The first kappa shape index (κ1) is 25.1. The lowest BCUT2D eigenvalue weighted by atomic mass is 9.92. The Hall–Kier alpha value is -2.97. The molecule has 7 nitrogen and oxygen atoms in total. The minimum atomic E-state index is -0.242. The predicted molar refractivity (Wildman–Crippen MR) is 142 cm³/mol. The van der Waals surface area contributed by atoms with Gasteiger partial charge < -0.3 is 29.6 Å². The van der Waals surface area contributed by atoms with Gasteiger partial charge in [0.1, 0.15) is 16.5 Å². The maximum atomic E-state index is 13.3. The van der Waals surface area contributed by atoms with Crippen molar-refractivity contribution in [3.63, 3.8) is 0 Å². The molecule has 1 atom stereocenters. The lowest BCUT2D eigenvalue weighted by Crippen LogP contribution is -2.34. The zero-order valence-electron chi connectivity index (χ0n) is 21.3. The number of aromatic nitrogens is 1. The fraction of sp³-hybridized carbons (Fsp3) is 0.444. The number of likely N-dealkylation sites (N-methyl/N-ethyl adjacent to an activating group) is 1. The van der Waals surface area contributed by atoms with E-state index in [2.05, 4.69) is 53.4 Å². The Kier molecular flexibility index (Phi) is 8.03. The Labute approximate surface area is 212 Å². The Morgan fingerprint density at radius 1 is 1.14 bits per heavy atom. The van der Waals surface area contributed by atoms with Crippen molar-refractivity contribution in [3.8, 4) is 16.5 Å². The van der Waals surface area contributed by atoms with Crippen molar-refractivity contribution in [1.82, 2.24) is 14.8 Å². The van der Waals surface area contributed by atoms with E-state index in [1.165, 1.54) is 21.0 Å². The number of thiophene rings is 1. The molecule has 0 aliphatic carbocycles. The highest BCUT2D eigenvalue weighted by atomic mass is 32.1. The third-order valence-corrected chi connectivity index (χ3v) is 7.70. The van der Waals surface area contributed by atoms with Crippen LogP contribution >= 0.6 is 11.3 Å². The minimum absolute atomic E-state index is 0.0950. The standard InChI is InChI=1S/C27H36N4O3S/c1-18(2)8-10-22(29-27(32)28-21-11-9-19(33-4)16-23(21)34-5)25-20-12-15-30(3)17-24(20)35-26(25)31-13-6-7-14-31/h6-7,9,11,13-14,16,18,22H,8,10,12,15,17H2,1-5H3,(H2,28,29,32). The van der Waals surface area contributed by atoms with Gasteiger partial charge in [0.15, 0.2) is 0 Å². The zero-order chi connectivity index (χ0) is 24.9. The summed E-state index contributed by atoms with van der Waals surface area (Å²) in [4.78, 5) is 17.0. The van der Waals surface area contributed by atoms with E-state index >= 15 is 0 Å². The Balaban J connectivity index is 1.66. The van der Waals surface area contributed by atoms with Crippen LogP contribution in [0.4, 0.5) is 10.5 Å². The molecule has 8 heteroatoms. The van der Waals surface area contributed by atoms with Gasteiger partial charge in [-0.3, -0.25) is 0 Å². The van der Waals surface area contributed by atoms with E-state index in [9.17, 15) is 4.79 Å². The van der Waals surface area contributed by atoms with Crippen LogP contribution in [0.1, 0.15) is 48.7 Å². The number of fused-ring (bicyclic) bond motifs is 1. The lowest BCUT2D eigenvalue weighted by Gasteiger charge is -2.26. The van der Waals surface area contributed by atoms with Gasteiger partial charge in [-0.15, -0.1) is 11.3 Å². The van der Waals surface area contributed by atoms with Crippen molar-refractivity contribution < 1.29 is 14.3 Å². The molecule has 0 spiro atoms. The number of hydrogen-bond donors (Lipinski definition) is 2. The smallest absolute Gasteiger partial charge is 0.319 e. The van der Waals surface area contributed by atoms with E-state index in [4.69, 9.17) is 9.47 Å². The van der Waals surface area contributed by atoms with Gasteiger partial charge in [0.05, 0.1) is 25.9 Å². The van der Waals surface area contributed by atoms with Crippen molar-refractivity contribution in [2.75, 3.05) is 33.1 Å². The molecule has 0 radical (unpaired) electrons. The van der Waals surface area contributed by atoms with Gasteiger partial charge in [-0.1, -0.05) is 13.8 Å². The van der Waals surface area contributed by atoms with Gasteiger partial charge in [0.2, 0.25) is 0 Å². The number of rotatable bonds is 9. The zero-order valence-corrected chi connectivity index (χ0v) is 22.1. The second-order valence-corrected chi connectivity index (χ2v) is 10.6. The number of benzene rings is 1. The predicted octanol–water partition coefficient (Wildman–Crippen LogP) is 5.84. The third-order valence-electron chi connectivity index (χ3n) is 6.45. The number of hydrogen-bond acceptors (Lipinski definition) is 5. The van der Waals surface area contributed by atoms with Crippen LogP contribution in [-0.4, -0.2) is 43.3 Å². The van der Waals surface area contributed by atoms with Crippen molar-refractivity contribution >= 4 is 23.1 Å². The molecule has 2 amide bonds. The topological polar surface area (TPSA) is 67.8 Å². The Morgan fingerprint density at radius 2 is 1.91 bits per heavy atom. The van der Waals surface area contributed by atoms with Crippen LogP contribution in [0.3, 0.4) is 0 Å². The summed E-state index contributed by atoms with van der Waals surface area (Å²) < 4.78 is 12.9. The van der Waals surface area contributed by atoms with E-state index in [0.29, 0.717) is 23.1 Å². The average Bonchev–Trinajstić information content (AvgIpc) is 3.49. The van der Waals surface area contributed by atoms with Gasteiger partial charge in [0, 0.05) is 42.0 Å². The van der Waals surface area contributed by atoms with Crippen molar-refractivity contribution in [1.29, 1.82) is 0 Å². The maximum Gasteiger partial charge on any atom is 0.319 e. The van der Waals surface area contributed by atoms with Crippen LogP contribution in [0.5, 0.6) is 11.5 Å². The monoisotopic (exact) mass is 496 g/mol. The van der Waals surface area contributed by atoms with Gasteiger partial charge in [-0.25, -0.2) is 4.79 Å². The third kappa shape index (κ3) is 5.82. The van der Waals surface area contributed by atoms with Crippen LogP contribution in [0.25, 0.3) is 5.00 Å². The van der Waals surface area contributed by atoms with Gasteiger partial charge in [0.25, 0.3) is 0 Å². The molecule has 0 saturated carbocycles. The summed E-state index contributed by atoms with van der Waals surface area (Å²) in [6, 6.07) is 9.14. The molecule has 0 bridgehead atoms. The van der Waals surface area contributed by atoms with Crippen LogP contribution in [0.2, 0.25) is 0 Å². The molecule has 3 heterocycles. The molecule has 188 valence electrons. The number of carbonyl (C=O) groups excluding carboxylic acids is 1. The second kappa shape index (κ2) is 11.2. The van der Waals surface area contributed by atoms with Crippen LogP contribution in [0.15, 0.2) is 42.7 Å². The first-order valence-electron chi connectivity index (χ1n) is 12.2. The van der Waals surface area contributed by atoms with E-state index in [0.717, 1.165) is 32.4 Å². The highest BCUT2D eigenvalue weighted by Crippen LogP contribution is 2.41. The highest BCUT2D eigenvalue weighted by Gasteiger charge is 2.29. The molecule has 1 aromatic carbocycles. The largest absolute Gasteiger partial charge is 0.497 e. The number of anilines is 1. The molecule has 2 aromatic heterocycles. The molecular weight excluding hydrogens is 460 g/mol. The molecule has 35 heavy (non-hydrogen) atoms. The summed E-state index contributed by atoms with van der Waals surface area (Å²) in [5.74, 6) is 1.77. The van der Waals surface area contributed by atoms with E-state index in [1.54, 1.807) is 26.4 Å². The SMILES string of the molecule is COc1ccc(NC(=O)NC(CCC(C)C)c2c(-n3cccc3)sc3c2CCN(C)C3)c(OC)c1. The number of nitrogens with zero attached hydrogens (tertiary/aromatic N) is 2. The number of amides is 2. The second-order valence-electron chi connectivity index (χ2n) is 9.49. The minimum Gasteiger partial charge on any atom is -0.497 e. The van der Waals surface area contributed by atoms with E-state index in [-0.39, 0.29) is 12.1 Å². The molecule has 3 aromatic rings. The van der Waals surface area contributed by atoms with Crippen molar-refractivity contribution in [2.24, 2.45) is 5.92 Å². The van der Waals surface area contributed by atoms with Crippen LogP contribution < -0.4 is 20.1 Å². The number of ether oxygens (including phenoxy) is 2. The van der Waals surface area contributed by atoms with Gasteiger partial charge >= 0.3 is 6.03 Å². The summed E-state index contributed by atoms with van der Waals surface area (Å²) in [6.45, 7) is 6.42. The van der Waals surface area contributed by atoms with Gasteiger partial charge in [-0.2, -0.15) is 0 Å². The number of carbonyl (C=O) groups is 1. The van der Waals surface area contributed by atoms with Gasteiger partial charge in [-0.05, 0) is 62.1 Å².